The Balaban J connectivity index is 2.59. The molecule has 0 radical (unpaired) electrons. The zero-order valence-corrected chi connectivity index (χ0v) is 9.34. The zero-order chi connectivity index (χ0) is 11.5. The van der Waals surface area contributed by atoms with Crippen molar-refractivity contribution in [3.05, 3.63) is 0 Å². The van der Waals surface area contributed by atoms with E-state index in [0.717, 1.165) is 0 Å². The topological polar surface area (TPSA) is 84.2 Å². The molecule has 0 atom stereocenters. The monoisotopic (exact) mass is 231 g/mol. The van der Waals surface area contributed by atoms with Gasteiger partial charge in [-0.05, 0) is 18.3 Å². The first kappa shape index (κ1) is 12.0. The van der Waals surface area contributed by atoms with E-state index in [-0.39, 0.29) is 18.1 Å². The van der Waals surface area contributed by atoms with Crippen LogP contribution in [-0.2, 0) is 19.4 Å². The van der Waals surface area contributed by atoms with Crippen molar-refractivity contribution >= 4 is 15.8 Å². The third kappa shape index (κ3) is 3.51. The molecule has 1 rings (SSSR count). The summed E-state index contributed by atoms with van der Waals surface area (Å²) in [5, 5.41) is 8.33. The molecular formula is C9H13NO4S. The van der Waals surface area contributed by atoms with Gasteiger partial charge < -0.3 is 4.74 Å². The van der Waals surface area contributed by atoms with Crippen LogP contribution in [0.1, 0.15) is 19.3 Å². The fourth-order valence-corrected chi connectivity index (χ4v) is 3.17. The van der Waals surface area contributed by atoms with Gasteiger partial charge in [0, 0.05) is 0 Å². The molecule has 1 saturated carbocycles. The Morgan fingerprint density at radius 1 is 1.53 bits per heavy atom. The molecule has 6 heteroatoms. The molecule has 0 aliphatic heterocycles. The third-order valence-corrected chi connectivity index (χ3v) is 4.14. The molecule has 1 aliphatic rings. The molecule has 0 amide bonds. The molecule has 0 aromatic carbocycles. The van der Waals surface area contributed by atoms with Gasteiger partial charge >= 0.3 is 5.97 Å². The maximum atomic E-state index is 11.4. The summed E-state index contributed by atoms with van der Waals surface area (Å²) in [6.07, 6.45) is 1.56. The number of sulfone groups is 1. The van der Waals surface area contributed by atoms with Crippen molar-refractivity contribution in [2.45, 2.75) is 19.3 Å². The third-order valence-electron chi connectivity index (χ3n) is 2.51. The molecule has 84 valence electrons. The van der Waals surface area contributed by atoms with E-state index < -0.39 is 21.0 Å². The second-order valence-electron chi connectivity index (χ2n) is 3.94. The van der Waals surface area contributed by atoms with Crippen LogP contribution >= 0.6 is 0 Å². The first-order chi connectivity index (χ1) is 6.93. The molecule has 5 nitrogen and oxygen atoms in total. The van der Waals surface area contributed by atoms with Gasteiger partial charge in [0.1, 0.15) is 5.75 Å². The number of esters is 1. The molecule has 1 aliphatic carbocycles. The highest BCUT2D eigenvalue weighted by molar-refractivity contribution is 7.91. The first-order valence-electron chi connectivity index (χ1n) is 4.57. The fraction of sp³-hybridized carbons (Fsp3) is 0.778. The molecular weight excluding hydrogens is 218 g/mol. The van der Waals surface area contributed by atoms with Crippen LogP contribution in [0.4, 0.5) is 0 Å². The van der Waals surface area contributed by atoms with Crippen molar-refractivity contribution in [1.29, 1.82) is 5.26 Å². The van der Waals surface area contributed by atoms with Crippen LogP contribution in [0, 0.1) is 16.7 Å². The summed E-state index contributed by atoms with van der Waals surface area (Å²) >= 11 is 0. The van der Waals surface area contributed by atoms with Crippen molar-refractivity contribution in [2.24, 2.45) is 5.41 Å². The van der Waals surface area contributed by atoms with Crippen LogP contribution in [0.15, 0.2) is 0 Å². The first-order valence-corrected chi connectivity index (χ1v) is 6.39. The van der Waals surface area contributed by atoms with Gasteiger partial charge in [0.25, 0.3) is 0 Å². The fourth-order valence-electron chi connectivity index (χ4n) is 1.54. The quantitative estimate of drug-likeness (QED) is 0.634. The lowest BCUT2D eigenvalue weighted by molar-refractivity contribution is -0.141. The van der Waals surface area contributed by atoms with Crippen LogP contribution < -0.4 is 0 Å². The minimum atomic E-state index is -3.35. The van der Waals surface area contributed by atoms with Gasteiger partial charge in [0.15, 0.2) is 9.84 Å². The second-order valence-corrected chi connectivity index (χ2v) is 6.01. The normalized spacial score (nSPS) is 17.9. The Bertz CT molecular complexity index is 389. The average Bonchev–Trinajstić information content (AvgIpc) is 2.83. The molecule has 0 unspecified atom stereocenters. The van der Waals surface area contributed by atoms with Crippen LogP contribution in [0.3, 0.4) is 0 Å². The smallest absolute Gasteiger partial charge is 0.306 e. The molecule has 0 saturated heterocycles. The van der Waals surface area contributed by atoms with E-state index in [1.165, 1.54) is 7.11 Å². The molecule has 1 fully saturated rings. The standard InChI is InChI=1S/C9H13NO4S/c1-14-8(11)6-9(2-3-9)7-15(12,13)5-4-10/h2-3,5-7H2,1H3. The minimum Gasteiger partial charge on any atom is -0.469 e. The second kappa shape index (κ2) is 4.19. The van der Waals surface area contributed by atoms with Gasteiger partial charge in [-0.2, -0.15) is 5.26 Å². The number of methoxy groups -OCH3 is 1. The van der Waals surface area contributed by atoms with Crippen LogP contribution in [0.25, 0.3) is 0 Å². The predicted octanol–water partition coefficient (Wildman–Crippen LogP) is 0.268. The molecule has 0 bridgehead atoms. The van der Waals surface area contributed by atoms with Gasteiger partial charge in [0.2, 0.25) is 0 Å². The lowest BCUT2D eigenvalue weighted by Crippen LogP contribution is -2.22. The van der Waals surface area contributed by atoms with Crippen molar-refractivity contribution in [1.82, 2.24) is 0 Å². The highest BCUT2D eigenvalue weighted by Crippen LogP contribution is 2.50. The minimum absolute atomic E-state index is 0.0807. The SMILES string of the molecule is COC(=O)CC1(CS(=O)(=O)CC#N)CC1. The summed E-state index contributed by atoms with van der Waals surface area (Å²) in [6, 6.07) is 1.62. The van der Waals surface area contributed by atoms with Gasteiger partial charge in [0.05, 0.1) is 25.4 Å². The summed E-state index contributed by atoms with van der Waals surface area (Å²) < 4.78 is 27.3. The Labute approximate surface area is 88.9 Å². The highest BCUT2D eigenvalue weighted by Gasteiger charge is 2.47. The molecule has 15 heavy (non-hydrogen) atoms. The van der Waals surface area contributed by atoms with Crippen LogP contribution in [0.2, 0.25) is 0 Å². The Morgan fingerprint density at radius 2 is 2.13 bits per heavy atom. The van der Waals surface area contributed by atoms with E-state index in [1.807, 2.05) is 0 Å². The molecule has 0 aromatic heterocycles. The van der Waals surface area contributed by atoms with Crippen molar-refractivity contribution in [3.8, 4) is 6.07 Å². The van der Waals surface area contributed by atoms with Crippen LogP contribution in [-0.4, -0.2) is 33.0 Å². The van der Waals surface area contributed by atoms with E-state index >= 15 is 0 Å². The van der Waals surface area contributed by atoms with Crippen molar-refractivity contribution in [2.75, 3.05) is 18.6 Å². The maximum Gasteiger partial charge on any atom is 0.306 e. The largest absolute Gasteiger partial charge is 0.469 e. The number of nitrogens with zero attached hydrogens (tertiary/aromatic N) is 1. The van der Waals surface area contributed by atoms with E-state index in [4.69, 9.17) is 5.26 Å². The van der Waals surface area contributed by atoms with Gasteiger partial charge in [-0.15, -0.1) is 0 Å². The Hall–Kier alpha value is -1.09. The van der Waals surface area contributed by atoms with E-state index in [1.54, 1.807) is 6.07 Å². The number of hydrogen-bond donors (Lipinski definition) is 0. The summed E-state index contributed by atoms with van der Waals surface area (Å²) in [7, 11) is -2.07. The summed E-state index contributed by atoms with van der Waals surface area (Å²) in [5.41, 5.74) is -0.456. The number of carbonyl (C=O) groups excluding carboxylic acids is 1. The number of rotatable bonds is 5. The summed E-state index contributed by atoms with van der Waals surface area (Å²) in [5.74, 6) is -0.946. The average molecular weight is 231 g/mol. The number of hydrogen-bond acceptors (Lipinski definition) is 5. The lowest BCUT2D eigenvalue weighted by Gasteiger charge is -2.12. The molecule has 0 aromatic rings. The maximum absolute atomic E-state index is 11.4. The van der Waals surface area contributed by atoms with E-state index in [9.17, 15) is 13.2 Å². The zero-order valence-electron chi connectivity index (χ0n) is 8.52. The molecule has 0 spiro atoms. The van der Waals surface area contributed by atoms with E-state index in [2.05, 4.69) is 4.74 Å². The van der Waals surface area contributed by atoms with E-state index in [0.29, 0.717) is 12.8 Å². The number of ether oxygens (including phenoxy) is 1. The number of nitriles is 1. The summed E-state index contributed by atoms with van der Waals surface area (Å²) in [4.78, 5) is 11.0. The van der Waals surface area contributed by atoms with Gasteiger partial charge in [-0.3, -0.25) is 4.79 Å². The molecule has 0 heterocycles. The highest BCUT2D eigenvalue weighted by atomic mass is 32.2. The lowest BCUT2D eigenvalue weighted by atomic mass is 10.1. The Morgan fingerprint density at radius 3 is 2.53 bits per heavy atom. The van der Waals surface area contributed by atoms with Crippen LogP contribution in [0.5, 0.6) is 0 Å². The van der Waals surface area contributed by atoms with Gasteiger partial charge in [-0.25, -0.2) is 8.42 Å². The predicted molar refractivity (Wildman–Crippen MR) is 52.6 cm³/mol. The Kier molecular flexibility index (Phi) is 3.35. The van der Waals surface area contributed by atoms with Gasteiger partial charge in [-0.1, -0.05) is 0 Å². The van der Waals surface area contributed by atoms with Crippen molar-refractivity contribution in [3.63, 3.8) is 0 Å². The summed E-state index contributed by atoms with van der Waals surface area (Å²) in [6.45, 7) is 0. The number of carbonyl (C=O) groups is 1. The molecule has 0 N–H and O–H groups in total. The van der Waals surface area contributed by atoms with Crippen molar-refractivity contribution < 1.29 is 17.9 Å².